The van der Waals surface area contributed by atoms with Gasteiger partial charge >= 0.3 is 0 Å². The summed E-state index contributed by atoms with van der Waals surface area (Å²) in [5, 5.41) is 12.4. The van der Waals surface area contributed by atoms with Gasteiger partial charge in [0.15, 0.2) is 0 Å². The maximum atomic E-state index is 12.2. The van der Waals surface area contributed by atoms with Crippen molar-refractivity contribution in [2.24, 2.45) is 0 Å². The number of aliphatic hydroxyl groups excluding tert-OH is 1. The van der Waals surface area contributed by atoms with E-state index >= 15 is 0 Å². The molecule has 1 saturated heterocycles. The number of anilines is 2. The standard InChI is InChI=1S/C18H20N2O2/c21-17-10-12-20(13-11-17)16-8-6-14(7-9-16)18(22)19-15-4-2-1-3-5-15/h1-9,17,21H,10-13H2,(H,19,22). The van der Waals surface area contributed by atoms with E-state index in [1.807, 2.05) is 54.6 Å². The molecule has 2 aromatic carbocycles. The number of nitrogens with zero attached hydrogens (tertiary/aromatic N) is 1. The topological polar surface area (TPSA) is 52.6 Å². The molecule has 0 saturated carbocycles. The number of hydrogen-bond donors (Lipinski definition) is 2. The highest BCUT2D eigenvalue weighted by Crippen LogP contribution is 2.21. The van der Waals surface area contributed by atoms with Gasteiger partial charge in [-0.05, 0) is 49.2 Å². The Morgan fingerprint density at radius 3 is 2.27 bits per heavy atom. The first-order valence-corrected chi connectivity index (χ1v) is 7.62. The average molecular weight is 296 g/mol. The Labute approximate surface area is 130 Å². The summed E-state index contributed by atoms with van der Waals surface area (Å²) in [6, 6.07) is 17.1. The van der Waals surface area contributed by atoms with Gasteiger partial charge in [-0.3, -0.25) is 4.79 Å². The molecule has 4 heteroatoms. The molecule has 0 unspecified atom stereocenters. The fraction of sp³-hybridized carbons (Fsp3) is 0.278. The highest BCUT2D eigenvalue weighted by atomic mass is 16.3. The van der Waals surface area contributed by atoms with Gasteiger partial charge in [-0.25, -0.2) is 0 Å². The zero-order valence-electron chi connectivity index (χ0n) is 12.4. The Morgan fingerprint density at radius 1 is 1.00 bits per heavy atom. The molecule has 1 amide bonds. The van der Waals surface area contributed by atoms with Crippen LogP contribution in [0.4, 0.5) is 11.4 Å². The molecule has 114 valence electrons. The third kappa shape index (κ3) is 3.46. The van der Waals surface area contributed by atoms with Gasteiger partial charge in [0, 0.05) is 30.0 Å². The van der Waals surface area contributed by atoms with Crippen molar-refractivity contribution in [3.05, 3.63) is 60.2 Å². The summed E-state index contributed by atoms with van der Waals surface area (Å²) in [6.07, 6.45) is 1.43. The van der Waals surface area contributed by atoms with Crippen molar-refractivity contribution >= 4 is 17.3 Å². The van der Waals surface area contributed by atoms with Gasteiger partial charge in [0.2, 0.25) is 0 Å². The molecule has 0 bridgehead atoms. The average Bonchev–Trinajstić information content (AvgIpc) is 2.57. The third-order valence-electron chi connectivity index (χ3n) is 3.99. The normalized spacial score (nSPS) is 15.6. The third-order valence-corrected chi connectivity index (χ3v) is 3.99. The van der Waals surface area contributed by atoms with E-state index in [0.717, 1.165) is 37.3 Å². The lowest BCUT2D eigenvalue weighted by Crippen LogP contribution is -2.35. The van der Waals surface area contributed by atoms with E-state index in [4.69, 9.17) is 0 Å². The largest absolute Gasteiger partial charge is 0.393 e. The van der Waals surface area contributed by atoms with E-state index < -0.39 is 0 Å². The van der Waals surface area contributed by atoms with Crippen molar-refractivity contribution in [1.82, 2.24) is 0 Å². The van der Waals surface area contributed by atoms with Crippen LogP contribution in [0.3, 0.4) is 0 Å². The van der Waals surface area contributed by atoms with Crippen molar-refractivity contribution < 1.29 is 9.90 Å². The maximum Gasteiger partial charge on any atom is 0.255 e. The number of aliphatic hydroxyl groups is 1. The summed E-state index contributed by atoms with van der Waals surface area (Å²) < 4.78 is 0. The predicted octanol–water partition coefficient (Wildman–Crippen LogP) is 2.90. The minimum absolute atomic E-state index is 0.105. The monoisotopic (exact) mass is 296 g/mol. The second-order valence-electron chi connectivity index (χ2n) is 5.59. The molecule has 22 heavy (non-hydrogen) atoms. The van der Waals surface area contributed by atoms with Gasteiger partial charge in [0.25, 0.3) is 5.91 Å². The molecule has 1 heterocycles. The molecule has 0 aromatic heterocycles. The first-order chi connectivity index (χ1) is 10.7. The van der Waals surface area contributed by atoms with Crippen LogP contribution >= 0.6 is 0 Å². The van der Waals surface area contributed by atoms with E-state index in [0.29, 0.717) is 5.56 Å². The molecular weight excluding hydrogens is 276 g/mol. The lowest BCUT2D eigenvalue weighted by atomic mass is 10.1. The lowest BCUT2D eigenvalue weighted by Gasteiger charge is -2.31. The number of para-hydroxylation sites is 1. The number of rotatable bonds is 3. The van der Waals surface area contributed by atoms with Gasteiger partial charge in [0.05, 0.1) is 6.10 Å². The molecule has 1 fully saturated rings. The van der Waals surface area contributed by atoms with Crippen LogP contribution in [0, 0.1) is 0 Å². The van der Waals surface area contributed by atoms with Gasteiger partial charge < -0.3 is 15.3 Å². The van der Waals surface area contributed by atoms with Crippen LogP contribution in [0.15, 0.2) is 54.6 Å². The molecule has 0 aliphatic carbocycles. The smallest absolute Gasteiger partial charge is 0.255 e. The molecule has 1 aliphatic rings. The number of hydrogen-bond acceptors (Lipinski definition) is 3. The fourth-order valence-electron chi connectivity index (χ4n) is 2.67. The first kappa shape index (κ1) is 14.6. The molecule has 3 rings (SSSR count). The minimum atomic E-state index is -0.174. The van der Waals surface area contributed by atoms with Crippen LogP contribution in [-0.4, -0.2) is 30.2 Å². The predicted molar refractivity (Wildman–Crippen MR) is 88.3 cm³/mol. The van der Waals surface area contributed by atoms with Crippen molar-refractivity contribution in [2.45, 2.75) is 18.9 Å². The zero-order chi connectivity index (χ0) is 15.4. The maximum absolute atomic E-state index is 12.2. The number of amides is 1. The summed E-state index contributed by atoms with van der Waals surface area (Å²) in [5.41, 5.74) is 2.54. The summed E-state index contributed by atoms with van der Waals surface area (Å²) in [4.78, 5) is 14.4. The van der Waals surface area contributed by atoms with Crippen molar-refractivity contribution in [3.8, 4) is 0 Å². The van der Waals surface area contributed by atoms with Gasteiger partial charge in [-0.15, -0.1) is 0 Å². The molecule has 0 spiro atoms. The molecule has 4 nitrogen and oxygen atoms in total. The Hall–Kier alpha value is -2.33. The SMILES string of the molecule is O=C(Nc1ccccc1)c1ccc(N2CCC(O)CC2)cc1. The summed E-state index contributed by atoms with van der Waals surface area (Å²) in [5.74, 6) is -0.105. The highest BCUT2D eigenvalue weighted by molar-refractivity contribution is 6.04. The Kier molecular flexibility index (Phi) is 4.39. The molecule has 1 aliphatic heterocycles. The first-order valence-electron chi connectivity index (χ1n) is 7.62. The second kappa shape index (κ2) is 6.62. The highest BCUT2D eigenvalue weighted by Gasteiger charge is 2.17. The van der Waals surface area contributed by atoms with E-state index in [1.54, 1.807) is 0 Å². The molecule has 2 aromatic rings. The Bertz CT molecular complexity index is 617. The van der Waals surface area contributed by atoms with E-state index in [1.165, 1.54) is 0 Å². The van der Waals surface area contributed by atoms with Gasteiger partial charge in [-0.1, -0.05) is 18.2 Å². The van der Waals surface area contributed by atoms with Gasteiger partial charge in [-0.2, -0.15) is 0 Å². The van der Waals surface area contributed by atoms with Crippen LogP contribution in [0.1, 0.15) is 23.2 Å². The quantitative estimate of drug-likeness (QED) is 0.915. The fourth-order valence-corrected chi connectivity index (χ4v) is 2.67. The number of carbonyl (C=O) groups is 1. The van der Waals surface area contributed by atoms with Gasteiger partial charge in [0.1, 0.15) is 0 Å². The number of benzene rings is 2. The Balaban J connectivity index is 1.65. The molecule has 0 radical (unpaired) electrons. The summed E-state index contributed by atoms with van der Waals surface area (Å²) >= 11 is 0. The van der Waals surface area contributed by atoms with Crippen molar-refractivity contribution in [1.29, 1.82) is 0 Å². The Morgan fingerprint density at radius 2 is 1.64 bits per heavy atom. The number of piperidine rings is 1. The minimum Gasteiger partial charge on any atom is -0.393 e. The molecule has 0 atom stereocenters. The second-order valence-corrected chi connectivity index (χ2v) is 5.59. The van der Waals surface area contributed by atoms with Crippen LogP contribution in [0.25, 0.3) is 0 Å². The molecular formula is C18H20N2O2. The van der Waals surface area contributed by atoms with Crippen molar-refractivity contribution in [3.63, 3.8) is 0 Å². The summed E-state index contributed by atoms with van der Waals surface area (Å²) in [7, 11) is 0. The lowest BCUT2D eigenvalue weighted by molar-refractivity contribution is 0.102. The van der Waals surface area contributed by atoms with E-state index in [-0.39, 0.29) is 12.0 Å². The van der Waals surface area contributed by atoms with Crippen LogP contribution in [0.5, 0.6) is 0 Å². The van der Waals surface area contributed by atoms with E-state index in [9.17, 15) is 9.90 Å². The van der Waals surface area contributed by atoms with Crippen LogP contribution in [0.2, 0.25) is 0 Å². The number of carbonyl (C=O) groups excluding carboxylic acids is 1. The van der Waals surface area contributed by atoms with E-state index in [2.05, 4.69) is 10.2 Å². The summed E-state index contributed by atoms with van der Waals surface area (Å²) in [6.45, 7) is 1.72. The zero-order valence-corrected chi connectivity index (χ0v) is 12.4. The van der Waals surface area contributed by atoms with Crippen LogP contribution in [-0.2, 0) is 0 Å². The van der Waals surface area contributed by atoms with Crippen LogP contribution < -0.4 is 10.2 Å². The van der Waals surface area contributed by atoms with Crippen molar-refractivity contribution in [2.75, 3.05) is 23.3 Å². The molecule has 2 N–H and O–H groups in total. The number of nitrogens with one attached hydrogen (secondary N) is 1.